The molecule has 1 nitrogen and oxygen atoms in total. The molecule has 1 heterocycles. The zero-order chi connectivity index (χ0) is 13.8. The molecule has 0 aliphatic heterocycles. The second kappa shape index (κ2) is 5.70. The molecule has 20 heavy (non-hydrogen) atoms. The molecule has 1 atom stereocenters. The van der Waals surface area contributed by atoms with E-state index in [1.165, 1.54) is 22.3 Å². The van der Waals surface area contributed by atoms with Crippen LogP contribution in [0.3, 0.4) is 0 Å². The van der Waals surface area contributed by atoms with Gasteiger partial charge in [0.1, 0.15) is 0 Å². The first-order chi connectivity index (χ1) is 9.86. The molecule has 2 aromatic carbocycles. The zero-order valence-electron chi connectivity index (χ0n) is 11.5. The molecule has 0 aliphatic carbocycles. The minimum Gasteiger partial charge on any atom is -0.265 e. The van der Waals surface area contributed by atoms with Crippen molar-refractivity contribution in [2.24, 2.45) is 0 Å². The van der Waals surface area contributed by atoms with E-state index in [1.807, 2.05) is 12.4 Å². The SMILES string of the molecule is CC(c1ccncc1)c1ccccc1-c1ccccc1. The Morgan fingerprint density at radius 1 is 0.750 bits per heavy atom. The van der Waals surface area contributed by atoms with E-state index in [-0.39, 0.29) is 0 Å². The van der Waals surface area contributed by atoms with Crippen molar-refractivity contribution < 1.29 is 0 Å². The van der Waals surface area contributed by atoms with Gasteiger partial charge in [-0.3, -0.25) is 4.98 Å². The molecule has 3 aromatic rings. The fourth-order valence-corrected chi connectivity index (χ4v) is 2.59. The lowest BCUT2D eigenvalue weighted by molar-refractivity contribution is 0.920. The summed E-state index contributed by atoms with van der Waals surface area (Å²) in [5.74, 6) is 0.356. The minimum atomic E-state index is 0.356. The Hall–Kier alpha value is -2.41. The Labute approximate surface area is 119 Å². The van der Waals surface area contributed by atoms with Crippen LogP contribution in [0.1, 0.15) is 24.0 Å². The van der Waals surface area contributed by atoms with E-state index < -0.39 is 0 Å². The van der Waals surface area contributed by atoms with Crippen molar-refractivity contribution >= 4 is 0 Å². The van der Waals surface area contributed by atoms with E-state index in [4.69, 9.17) is 0 Å². The van der Waals surface area contributed by atoms with Crippen LogP contribution in [-0.2, 0) is 0 Å². The second-order valence-electron chi connectivity index (χ2n) is 4.96. The number of nitrogens with zero attached hydrogens (tertiary/aromatic N) is 1. The predicted molar refractivity (Wildman–Crippen MR) is 83.6 cm³/mol. The normalized spacial score (nSPS) is 12.1. The maximum absolute atomic E-state index is 4.10. The fraction of sp³-hybridized carbons (Fsp3) is 0.105. The molecule has 0 amide bonds. The van der Waals surface area contributed by atoms with Crippen molar-refractivity contribution in [3.63, 3.8) is 0 Å². The van der Waals surface area contributed by atoms with E-state index in [0.29, 0.717) is 5.92 Å². The average molecular weight is 259 g/mol. The van der Waals surface area contributed by atoms with Crippen molar-refractivity contribution in [3.05, 3.63) is 90.3 Å². The summed E-state index contributed by atoms with van der Waals surface area (Å²) < 4.78 is 0. The van der Waals surface area contributed by atoms with Crippen LogP contribution in [0.4, 0.5) is 0 Å². The van der Waals surface area contributed by atoms with Gasteiger partial charge in [0.2, 0.25) is 0 Å². The van der Waals surface area contributed by atoms with E-state index in [9.17, 15) is 0 Å². The Morgan fingerprint density at radius 3 is 2.15 bits per heavy atom. The molecule has 0 aliphatic rings. The van der Waals surface area contributed by atoms with Gasteiger partial charge in [0.15, 0.2) is 0 Å². The smallest absolute Gasteiger partial charge is 0.0270 e. The monoisotopic (exact) mass is 259 g/mol. The Kier molecular flexibility index (Phi) is 3.60. The molecule has 1 heteroatoms. The summed E-state index contributed by atoms with van der Waals surface area (Å²) in [6, 6.07) is 23.4. The summed E-state index contributed by atoms with van der Waals surface area (Å²) in [5.41, 5.74) is 5.22. The van der Waals surface area contributed by atoms with Gasteiger partial charge < -0.3 is 0 Å². The summed E-state index contributed by atoms with van der Waals surface area (Å²) >= 11 is 0. The Morgan fingerprint density at radius 2 is 1.40 bits per heavy atom. The third kappa shape index (κ3) is 2.48. The summed E-state index contributed by atoms with van der Waals surface area (Å²) in [4.78, 5) is 4.10. The molecule has 0 N–H and O–H groups in total. The molecular formula is C19H17N. The van der Waals surface area contributed by atoms with Crippen LogP contribution in [0.2, 0.25) is 0 Å². The molecule has 1 unspecified atom stereocenters. The van der Waals surface area contributed by atoms with Gasteiger partial charge in [-0.2, -0.15) is 0 Å². The lowest BCUT2D eigenvalue weighted by Crippen LogP contribution is -1.98. The second-order valence-corrected chi connectivity index (χ2v) is 4.96. The molecule has 98 valence electrons. The molecule has 1 aromatic heterocycles. The average Bonchev–Trinajstić information content (AvgIpc) is 2.56. The largest absolute Gasteiger partial charge is 0.265 e. The number of rotatable bonds is 3. The van der Waals surface area contributed by atoms with Gasteiger partial charge in [-0.05, 0) is 34.4 Å². The zero-order valence-corrected chi connectivity index (χ0v) is 11.5. The third-order valence-corrected chi connectivity index (χ3v) is 3.72. The highest BCUT2D eigenvalue weighted by Gasteiger charge is 2.13. The predicted octanol–water partition coefficient (Wildman–Crippen LogP) is 4.90. The molecule has 0 saturated heterocycles. The number of benzene rings is 2. The van der Waals surface area contributed by atoms with E-state index in [1.54, 1.807) is 0 Å². The van der Waals surface area contributed by atoms with Crippen LogP contribution in [0, 0.1) is 0 Å². The van der Waals surface area contributed by atoms with Gasteiger partial charge >= 0.3 is 0 Å². The van der Waals surface area contributed by atoms with Gasteiger partial charge in [-0.15, -0.1) is 0 Å². The maximum atomic E-state index is 4.10. The number of hydrogen-bond acceptors (Lipinski definition) is 1. The minimum absolute atomic E-state index is 0.356. The van der Waals surface area contributed by atoms with Gasteiger partial charge in [0.25, 0.3) is 0 Å². The maximum Gasteiger partial charge on any atom is 0.0270 e. The lowest BCUT2D eigenvalue weighted by Gasteiger charge is -2.17. The molecule has 0 spiro atoms. The lowest BCUT2D eigenvalue weighted by atomic mass is 9.87. The fourth-order valence-electron chi connectivity index (χ4n) is 2.59. The highest BCUT2D eigenvalue weighted by Crippen LogP contribution is 2.32. The van der Waals surface area contributed by atoms with Crippen LogP contribution in [0.15, 0.2) is 79.1 Å². The van der Waals surface area contributed by atoms with Gasteiger partial charge in [-0.1, -0.05) is 61.5 Å². The highest BCUT2D eigenvalue weighted by molar-refractivity contribution is 5.68. The Bertz CT molecular complexity index is 674. The van der Waals surface area contributed by atoms with Gasteiger partial charge in [-0.25, -0.2) is 0 Å². The van der Waals surface area contributed by atoms with Crippen LogP contribution in [0.25, 0.3) is 11.1 Å². The number of hydrogen-bond donors (Lipinski definition) is 0. The molecule has 0 fully saturated rings. The molecule has 0 radical (unpaired) electrons. The van der Waals surface area contributed by atoms with E-state index >= 15 is 0 Å². The topological polar surface area (TPSA) is 12.9 Å². The van der Waals surface area contributed by atoms with Gasteiger partial charge in [0.05, 0.1) is 0 Å². The van der Waals surface area contributed by atoms with Crippen molar-refractivity contribution in [2.45, 2.75) is 12.8 Å². The van der Waals surface area contributed by atoms with Crippen molar-refractivity contribution in [1.82, 2.24) is 4.98 Å². The summed E-state index contributed by atoms with van der Waals surface area (Å²) in [6.07, 6.45) is 3.72. The number of aromatic nitrogens is 1. The van der Waals surface area contributed by atoms with Crippen LogP contribution >= 0.6 is 0 Å². The van der Waals surface area contributed by atoms with Crippen molar-refractivity contribution in [1.29, 1.82) is 0 Å². The molecule has 0 saturated carbocycles. The van der Waals surface area contributed by atoms with Crippen LogP contribution in [0.5, 0.6) is 0 Å². The number of pyridine rings is 1. The summed E-state index contributed by atoms with van der Waals surface area (Å²) in [5, 5.41) is 0. The van der Waals surface area contributed by atoms with E-state index in [2.05, 4.69) is 78.6 Å². The summed E-state index contributed by atoms with van der Waals surface area (Å²) in [6.45, 7) is 2.25. The first-order valence-corrected chi connectivity index (χ1v) is 6.90. The first kappa shape index (κ1) is 12.6. The summed E-state index contributed by atoms with van der Waals surface area (Å²) in [7, 11) is 0. The highest BCUT2D eigenvalue weighted by atomic mass is 14.6. The standard InChI is InChI=1S/C19H17N/c1-15(16-11-13-20-14-12-16)18-9-5-6-10-19(18)17-7-3-2-4-8-17/h2-15H,1H3. The van der Waals surface area contributed by atoms with E-state index in [0.717, 1.165) is 0 Å². The van der Waals surface area contributed by atoms with Crippen LogP contribution in [-0.4, -0.2) is 4.98 Å². The Balaban J connectivity index is 2.07. The molecule has 0 bridgehead atoms. The first-order valence-electron chi connectivity index (χ1n) is 6.90. The van der Waals surface area contributed by atoms with Gasteiger partial charge in [0, 0.05) is 18.3 Å². The molecular weight excluding hydrogens is 242 g/mol. The third-order valence-electron chi connectivity index (χ3n) is 3.72. The van der Waals surface area contributed by atoms with Crippen molar-refractivity contribution in [3.8, 4) is 11.1 Å². The quantitative estimate of drug-likeness (QED) is 0.652. The molecule has 3 rings (SSSR count). The van der Waals surface area contributed by atoms with Crippen molar-refractivity contribution in [2.75, 3.05) is 0 Å². The van der Waals surface area contributed by atoms with Crippen LogP contribution < -0.4 is 0 Å².